The number of aromatic nitrogens is 1. The number of hydrogen-bond donors (Lipinski definition) is 2. The minimum Gasteiger partial charge on any atom is -0.493 e. The van der Waals surface area contributed by atoms with Crippen LogP contribution in [0.4, 0.5) is 0 Å². The van der Waals surface area contributed by atoms with Crippen LogP contribution >= 0.6 is 15.9 Å². The minimum atomic E-state index is -0.182. The molecule has 0 amide bonds. The number of benzene rings is 1. The molecule has 1 heterocycles. The normalized spacial score (nSPS) is 10.4. The van der Waals surface area contributed by atoms with Gasteiger partial charge in [-0.15, -0.1) is 0 Å². The van der Waals surface area contributed by atoms with Crippen LogP contribution in [0.1, 0.15) is 11.1 Å². The molecule has 0 radical (unpaired) electrons. The summed E-state index contributed by atoms with van der Waals surface area (Å²) in [6.07, 6.45) is 1.59. The largest absolute Gasteiger partial charge is 0.493 e. The molecule has 2 N–H and O–H groups in total. The first-order valence-corrected chi connectivity index (χ1v) is 6.68. The summed E-state index contributed by atoms with van der Waals surface area (Å²) in [6.45, 7) is -0.256. The van der Waals surface area contributed by atoms with E-state index in [4.69, 9.17) is 14.6 Å². The quantitative estimate of drug-likeness (QED) is 0.876. The number of pyridine rings is 1. The summed E-state index contributed by atoms with van der Waals surface area (Å²) in [5, 5.41) is 18.4. The second-order valence-electron chi connectivity index (χ2n) is 4.02. The van der Waals surface area contributed by atoms with Gasteiger partial charge in [0, 0.05) is 16.2 Å². The van der Waals surface area contributed by atoms with E-state index in [1.807, 2.05) is 0 Å². The molecule has 1 aromatic heterocycles. The third-order valence-corrected chi connectivity index (χ3v) is 3.11. The number of rotatable bonds is 5. The molecule has 0 saturated heterocycles. The van der Waals surface area contributed by atoms with Crippen LogP contribution in [0, 0.1) is 0 Å². The molecular weight excluding hydrogens is 326 g/mol. The lowest BCUT2D eigenvalue weighted by atomic mass is 10.2. The minimum absolute atomic E-state index is 0.0743. The maximum absolute atomic E-state index is 9.32. The Labute approximate surface area is 124 Å². The van der Waals surface area contributed by atoms with Crippen molar-refractivity contribution in [2.75, 3.05) is 7.11 Å². The first kappa shape index (κ1) is 14.8. The smallest absolute Gasteiger partial charge is 0.225 e. The Bertz CT molecular complexity index is 604. The molecule has 0 aliphatic carbocycles. The van der Waals surface area contributed by atoms with Crippen molar-refractivity contribution in [2.24, 2.45) is 0 Å². The number of aliphatic hydroxyl groups excluding tert-OH is 2. The van der Waals surface area contributed by atoms with Crippen LogP contribution in [0.5, 0.6) is 17.4 Å². The summed E-state index contributed by atoms with van der Waals surface area (Å²) < 4.78 is 11.7. The molecule has 106 valence electrons. The van der Waals surface area contributed by atoms with Gasteiger partial charge < -0.3 is 19.7 Å². The zero-order chi connectivity index (χ0) is 14.5. The van der Waals surface area contributed by atoms with Crippen LogP contribution < -0.4 is 9.47 Å². The Morgan fingerprint density at radius 3 is 2.60 bits per heavy atom. The van der Waals surface area contributed by atoms with E-state index < -0.39 is 0 Å². The topological polar surface area (TPSA) is 71.8 Å². The molecule has 20 heavy (non-hydrogen) atoms. The standard InChI is InChI=1S/C14H14BrNO4/c1-19-13-4-9(7-17)2-3-12(13)20-14-10(8-18)5-11(15)6-16-14/h2-6,17-18H,7-8H2,1H3. The molecule has 0 aliphatic rings. The number of methoxy groups -OCH3 is 1. The summed E-state index contributed by atoms with van der Waals surface area (Å²) >= 11 is 3.29. The molecule has 0 atom stereocenters. The van der Waals surface area contributed by atoms with Crippen molar-refractivity contribution in [3.63, 3.8) is 0 Å². The van der Waals surface area contributed by atoms with E-state index in [1.54, 1.807) is 30.5 Å². The van der Waals surface area contributed by atoms with Crippen molar-refractivity contribution in [3.8, 4) is 17.4 Å². The van der Waals surface area contributed by atoms with Gasteiger partial charge in [0.15, 0.2) is 11.5 Å². The Balaban J connectivity index is 2.34. The molecule has 0 spiro atoms. The van der Waals surface area contributed by atoms with Crippen LogP contribution in [0.3, 0.4) is 0 Å². The number of ether oxygens (including phenoxy) is 2. The van der Waals surface area contributed by atoms with E-state index in [2.05, 4.69) is 20.9 Å². The summed E-state index contributed by atoms with van der Waals surface area (Å²) in [6, 6.07) is 6.84. The lowest BCUT2D eigenvalue weighted by Gasteiger charge is -2.12. The Hall–Kier alpha value is -1.63. The van der Waals surface area contributed by atoms with Gasteiger partial charge in [-0.05, 0) is 39.7 Å². The van der Waals surface area contributed by atoms with Crippen molar-refractivity contribution in [3.05, 3.63) is 46.1 Å². The molecule has 2 rings (SSSR count). The van der Waals surface area contributed by atoms with Gasteiger partial charge in [-0.25, -0.2) is 4.98 Å². The summed E-state index contributed by atoms with van der Waals surface area (Å²) in [5.41, 5.74) is 1.29. The number of nitrogens with zero attached hydrogens (tertiary/aromatic N) is 1. The van der Waals surface area contributed by atoms with E-state index in [-0.39, 0.29) is 13.2 Å². The van der Waals surface area contributed by atoms with Crippen LogP contribution in [0.25, 0.3) is 0 Å². The highest BCUT2D eigenvalue weighted by Gasteiger charge is 2.11. The molecule has 1 aromatic carbocycles. The van der Waals surface area contributed by atoms with Crippen molar-refractivity contribution in [1.29, 1.82) is 0 Å². The lowest BCUT2D eigenvalue weighted by Crippen LogP contribution is -1.97. The summed E-state index contributed by atoms with van der Waals surface area (Å²) in [4.78, 5) is 4.13. The van der Waals surface area contributed by atoms with Crippen LogP contribution in [-0.2, 0) is 13.2 Å². The molecule has 0 aliphatic heterocycles. The molecule has 5 nitrogen and oxygen atoms in total. The maximum Gasteiger partial charge on any atom is 0.225 e. The summed E-state index contributed by atoms with van der Waals surface area (Å²) in [5.74, 6) is 1.27. The SMILES string of the molecule is COc1cc(CO)ccc1Oc1ncc(Br)cc1CO. The fourth-order valence-electron chi connectivity index (χ4n) is 1.67. The molecule has 0 fully saturated rings. The predicted octanol–water partition coefficient (Wildman–Crippen LogP) is 2.63. The van der Waals surface area contributed by atoms with Gasteiger partial charge >= 0.3 is 0 Å². The van der Waals surface area contributed by atoms with Crippen LogP contribution in [0.2, 0.25) is 0 Å². The van der Waals surface area contributed by atoms with Gasteiger partial charge in [0.2, 0.25) is 5.88 Å². The highest BCUT2D eigenvalue weighted by Crippen LogP contribution is 2.33. The van der Waals surface area contributed by atoms with Gasteiger partial charge in [0.25, 0.3) is 0 Å². The highest BCUT2D eigenvalue weighted by atomic mass is 79.9. The zero-order valence-electron chi connectivity index (χ0n) is 10.8. The first-order chi connectivity index (χ1) is 9.67. The van der Waals surface area contributed by atoms with Crippen LogP contribution in [0.15, 0.2) is 34.9 Å². The van der Waals surface area contributed by atoms with Gasteiger partial charge in [0.05, 0.1) is 20.3 Å². The lowest BCUT2D eigenvalue weighted by molar-refractivity contribution is 0.273. The molecule has 6 heteroatoms. The average Bonchev–Trinajstić information content (AvgIpc) is 2.49. The van der Waals surface area contributed by atoms with Gasteiger partial charge in [-0.2, -0.15) is 0 Å². The predicted molar refractivity (Wildman–Crippen MR) is 76.9 cm³/mol. The monoisotopic (exact) mass is 339 g/mol. The zero-order valence-corrected chi connectivity index (χ0v) is 12.4. The maximum atomic E-state index is 9.32. The van der Waals surface area contributed by atoms with Crippen molar-refractivity contribution in [1.82, 2.24) is 4.98 Å². The van der Waals surface area contributed by atoms with Gasteiger partial charge in [0.1, 0.15) is 0 Å². The third kappa shape index (κ3) is 3.27. The summed E-state index contributed by atoms with van der Waals surface area (Å²) in [7, 11) is 1.52. The van der Waals surface area contributed by atoms with E-state index in [0.29, 0.717) is 22.9 Å². The number of hydrogen-bond acceptors (Lipinski definition) is 5. The second-order valence-corrected chi connectivity index (χ2v) is 4.94. The molecule has 0 saturated carbocycles. The van der Waals surface area contributed by atoms with Crippen molar-refractivity contribution < 1.29 is 19.7 Å². The van der Waals surface area contributed by atoms with Gasteiger partial charge in [-0.3, -0.25) is 0 Å². The molecule has 0 bridgehead atoms. The fourth-order valence-corrected chi connectivity index (χ4v) is 2.05. The van der Waals surface area contributed by atoms with E-state index in [0.717, 1.165) is 10.0 Å². The van der Waals surface area contributed by atoms with E-state index in [1.165, 1.54) is 7.11 Å². The first-order valence-electron chi connectivity index (χ1n) is 5.89. The number of halogens is 1. The van der Waals surface area contributed by atoms with Gasteiger partial charge in [-0.1, -0.05) is 6.07 Å². The number of aliphatic hydroxyl groups is 2. The van der Waals surface area contributed by atoms with E-state index >= 15 is 0 Å². The molecular formula is C14H14BrNO4. The molecule has 2 aromatic rings. The third-order valence-electron chi connectivity index (χ3n) is 2.68. The second kappa shape index (κ2) is 6.69. The Kier molecular flexibility index (Phi) is 4.94. The van der Waals surface area contributed by atoms with E-state index in [9.17, 15) is 5.11 Å². The van der Waals surface area contributed by atoms with Crippen LogP contribution in [-0.4, -0.2) is 22.3 Å². The Morgan fingerprint density at radius 2 is 1.95 bits per heavy atom. The Morgan fingerprint density at radius 1 is 1.15 bits per heavy atom. The van der Waals surface area contributed by atoms with Crippen molar-refractivity contribution >= 4 is 15.9 Å². The fraction of sp³-hybridized carbons (Fsp3) is 0.214. The van der Waals surface area contributed by atoms with Crippen molar-refractivity contribution in [2.45, 2.75) is 13.2 Å². The highest BCUT2D eigenvalue weighted by molar-refractivity contribution is 9.10. The average molecular weight is 340 g/mol. The molecule has 0 unspecified atom stereocenters.